The summed E-state index contributed by atoms with van der Waals surface area (Å²) in [4.78, 5) is 11.3. The van der Waals surface area contributed by atoms with Gasteiger partial charge >= 0.3 is 6.18 Å². The maximum absolute atomic E-state index is 11.9. The number of carbonyl (C=O) groups excluding carboxylic acids is 1. The highest BCUT2D eigenvalue weighted by Gasteiger charge is 2.27. The number of halogens is 3. The number of rotatable bonds is 6. The normalized spacial score (nSPS) is 12.7. The summed E-state index contributed by atoms with van der Waals surface area (Å²) in [5, 5.41) is 11.3. The third kappa shape index (κ3) is 5.90. The van der Waals surface area contributed by atoms with Crippen LogP contribution in [0.4, 0.5) is 13.2 Å². The number of aliphatic hydroxyl groups is 1. The summed E-state index contributed by atoms with van der Waals surface area (Å²) >= 11 is 0. The highest BCUT2D eigenvalue weighted by molar-refractivity contribution is 5.77. The van der Waals surface area contributed by atoms with Gasteiger partial charge in [-0.2, -0.15) is 13.2 Å². The molecule has 1 atom stereocenters. The molecule has 1 aromatic carbocycles. The third-order valence-corrected chi connectivity index (χ3v) is 2.52. The predicted molar refractivity (Wildman–Crippen MR) is 68.2 cm³/mol. The lowest BCUT2D eigenvalue weighted by Gasteiger charge is -2.15. The number of aliphatic hydroxyl groups excluding tert-OH is 1. The van der Waals surface area contributed by atoms with Crippen LogP contribution in [0.5, 0.6) is 11.5 Å². The van der Waals surface area contributed by atoms with Crippen LogP contribution in [-0.2, 0) is 4.79 Å². The van der Waals surface area contributed by atoms with E-state index in [9.17, 15) is 23.1 Å². The van der Waals surface area contributed by atoms with Gasteiger partial charge in [0.05, 0.1) is 13.2 Å². The summed E-state index contributed by atoms with van der Waals surface area (Å²) in [6.07, 6.45) is -5.33. The maximum Gasteiger partial charge on any atom is 0.405 e. The van der Waals surface area contributed by atoms with E-state index in [4.69, 9.17) is 9.47 Å². The molecule has 0 aliphatic carbocycles. The Hall–Kier alpha value is -1.96. The van der Waals surface area contributed by atoms with Crippen molar-refractivity contribution in [3.8, 4) is 11.5 Å². The van der Waals surface area contributed by atoms with Crippen molar-refractivity contribution < 1.29 is 32.5 Å². The van der Waals surface area contributed by atoms with Crippen LogP contribution in [0.1, 0.15) is 18.6 Å². The molecule has 8 heteroatoms. The number of hydrogen-bond acceptors (Lipinski definition) is 4. The number of carbonyl (C=O) groups is 1. The summed E-state index contributed by atoms with van der Waals surface area (Å²) < 4.78 is 46.0. The highest BCUT2D eigenvalue weighted by Crippen LogP contribution is 2.29. The van der Waals surface area contributed by atoms with Gasteiger partial charge in [-0.05, 0) is 19.1 Å². The molecule has 0 bridgehead atoms. The van der Waals surface area contributed by atoms with Crippen molar-refractivity contribution in [1.82, 2.24) is 5.32 Å². The van der Waals surface area contributed by atoms with Gasteiger partial charge in [0.15, 0.2) is 6.61 Å². The molecule has 21 heavy (non-hydrogen) atoms. The molecule has 1 aromatic rings. The van der Waals surface area contributed by atoms with Crippen molar-refractivity contribution in [2.45, 2.75) is 19.2 Å². The lowest BCUT2D eigenvalue weighted by molar-refractivity contribution is -0.139. The minimum Gasteiger partial charge on any atom is -0.497 e. The van der Waals surface area contributed by atoms with Gasteiger partial charge in [-0.1, -0.05) is 0 Å². The Balaban J connectivity index is 2.67. The zero-order chi connectivity index (χ0) is 16.0. The Morgan fingerprint density at radius 1 is 1.43 bits per heavy atom. The number of hydrogen-bond donors (Lipinski definition) is 2. The predicted octanol–water partition coefficient (Wildman–Crippen LogP) is 1.81. The topological polar surface area (TPSA) is 67.8 Å². The van der Waals surface area contributed by atoms with E-state index in [1.54, 1.807) is 17.4 Å². The van der Waals surface area contributed by atoms with E-state index in [2.05, 4.69) is 0 Å². The summed E-state index contributed by atoms with van der Waals surface area (Å²) in [5.74, 6) is -0.303. The number of benzene rings is 1. The molecule has 1 rings (SSSR count). The SMILES string of the molecule is COc1ccc(C(C)O)c(OCC(=O)NCC(F)(F)F)c1. The van der Waals surface area contributed by atoms with E-state index in [0.717, 1.165) is 0 Å². The summed E-state index contributed by atoms with van der Waals surface area (Å²) in [6.45, 7) is -0.516. The first-order valence-corrected chi connectivity index (χ1v) is 6.05. The molecular formula is C13H16F3NO4. The standard InChI is InChI=1S/C13H16F3NO4/c1-8(18)10-4-3-9(20-2)5-11(10)21-6-12(19)17-7-13(14,15)16/h3-5,8,18H,6-7H2,1-2H3,(H,17,19). The summed E-state index contributed by atoms with van der Waals surface area (Å²) in [6, 6.07) is 4.59. The number of nitrogens with one attached hydrogen (secondary N) is 1. The molecule has 0 aromatic heterocycles. The van der Waals surface area contributed by atoms with Gasteiger partial charge < -0.3 is 19.9 Å². The minimum atomic E-state index is -4.48. The number of alkyl halides is 3. The summed E-state index contributed by atoms with van der Waals surface area (Å²) in [5.41, 5.74) is 0.402. The van der Waals surface area contributed by atoms with Crippen LogP contribution in [-0.4, -0.2) is 37.5 Å². The number of ether oxygens (including phenoxy) is 2. The number of methoxy groups -OCH3 is 1. The van der Waals surface area contributed by atoms with Crippen LogP contribution in [0, 0.1) is 0 Å². The van der Waals surface area contributed by atoms with Gasteiger partial charge in [-0.3, -0.25) is 4.79 Å². The molecule has 5 nitrogen and oxygen atoms in total. The van der Waals surface area contributed by atoms with Gasteiger partial charge in [-0.15, -0.1) is 0 Å². The summed E-state index contributed by atoms with van der Waals surface area (Å²) in [7, 11) is 1.43. The van der Waals surface area contributed by atoms with Crippen molar-refractivity contribution in [2.24, 2.45) is 0 Å². The average Bonchev–Trinajstić information content (AvgIpc) is 2.41. The van der Waals surface area contributed by atoms with Crippen LogP contribution in [0.25, 0.3) is 0 Å². The molecule has 118 valence electrons. The molecule has 2 N–H and O–H groups in total. The van der Waals surface area contributed by atoms with E-state index in [-0.39, 0.29) is 5.75 Å². The van der Waals surface area contributed by atoms with Crippen LogP contribution in [0.3, 0.4) is 0 Å². The van der Waals surface area contributed by atoms with Gasteiger partial charge in [-0.25, -0.2) is 0 Å². The fraction of sp³-hybridized carbons (Fsp3) is 0.462. The molecule has 0 saturated carbocycles. The van der Waals surface area contributed by atoms with E-state index in [1.807, 2.05) is 0 Å². The van der Waals surface area contributed by atoms with Gasteiger partial charge in [0.1, 0.15) is 18.0 Å². The fourth-order valence-corrected chi connectivity index (χ4v) is 1.50. The molecule has 0 aliphatic rings. The zero-order valence-corrected chi connectivity index (χ0v) is 11.5. The van der Waals surface area contributed by atoms with Gasteiger partial charge in [0.25, 0.3) is 5.91 Å². The third-order valence-electron chi connectivity index (χ3n) is 2.52. The molecule has 0 fully saturated rings. The first-order chi connectivity index (χ1) is 9.73. The molecule has 0 radical (unpaired) electrons. The second-order valence-corrected chi connectivity index (χ2v) is 4.26. The molecule has 1 amide bonds. The lowest BCUT2D eigenvalue weighted by atomic mass is 10.1. The van der Waals surface area contributed by atoms with Crippen molar-refractivity contribution in [1.29, 1.82) is 0 Å². The second-order valence-electron chi connectivity index (χ2n) is 4.26. The van der Waals surface area contributed by atoms with Crippen molar-refractivity contribution in [3.63, 3.8) is 0 Å². The molecule has 0 spiro atoms. The van der Waals surface area contributed by atoms with Crippen LogP contribution >= 0.6 is 0 Å². The highest BCUT2D eigenvalue weighted by atomic mass is 19.4. The fourth-order valence-electron chi connectivity index (χ4n) is 1.50. The Labute approximate surface area is 119 Å². The quantitative estimate of drug-likeness (QED) is 0.841. The maximum atomic E-state index is 11.9. The van der Waals surface area contributed by atoms with E-state index >= 15 is 0 Å². The van der Waals surface area contributed by atoms with Crippen LogP contribution < -0.4 is 14.8 Å². The Morgan fingerprint density at radius 3 is 2.62 bits per heavy atom. The van der Waals surface area contributed by atoms with Crippen molar-refractivity contribution in [2.75, 3.05) is 20.3 Å². The van der Waals surface area contributed by atoms with Gasteiger partial charge in [0, 0.05) is 11.6 Å². The molecule has 0 heterocycles. The Bertz CT molecular complexity index is 489. The Morgan fingerprint density at radius 2 is 2.10 bits per heavy atom. The molecule has 1 unspecified atom stereocenters. The molecular weight excluding hydrogens is 291 g/mol. The Kier molecular flexibility index (Phi) is 5.83. The van der Waals surface area contributed by atoms with Crippen LogP contribution in [0.2, 0.25) is 0 Å². The first kappa shape index (κ1) is 17.1. The van der Waals surface area contributed by atoms with Crippen LogP contribution in [0.15, 0.2) is 18.2 Å². The average molecular weight is 307 g/mol. The van der Waals surface area contributed by atoms with Crippen molar-refractivity contribution >= 4 is 5.91 Å². The molecule has 0 aliphatic heterocycles. The number of amides is 1. The van der Waals surface area contributed by atoms with E-state index < -0.39 is 31.3 Å². The lowest BCUT2D eigenvalue weighted by Crippen LogP contribution is -2.36. The smallest absolute Gasteiger partial charge is 0.405 e. The van der Waals surface area contributed by atoms with Gasteiger partial charge in [0.2, 0.25) is 0 Å². The van der Waals surface area contributed by atoms with E-state index in [1.165, 1.54) is 20.1 Å². The largest absolute Gasteiger partial charge is 0.497 e. The zero-order valence-electron chi connectivity index (χ0n) is 11.5. The van der Waals surface area contributed by atoms with E-state index in [0.29, 0.717) is 11.3 Å². The first-order valence-electron chi connectivity index (χ1n) is 6.05. The minimum absolute atomic E-state index is 0.173. The molecule has 0 saturated heterocycles. The second kappa shape index (κ2) is 7.16. The van der Waals surface area contributed by atoms with Crippen molar-refractivity contribution in [3.05, 3.63) is 23.8 Å². The monoisotopic (exact) mass is 307 g/mol.